The molecule has 0 unspecified atom stereocenters. The minimum absolute atomic E-state index is 0.0193. The van der Waals surface area contributed by atoms with Crippen LogP contribution in [-0.4, -0.2) is 47.9 Å². The average molecular weight is 260 g/mol. The highest BCUT2D eigenvalue weighted by molar-refractivity contribution is 5.76. The number of carbonyl (C=O) groups excluding carboxylic acids is 1. The Morgan fingerprint density at radius 1 is 1.39 bits per heavy atom. The molecular weight excluding hydrogens is 239 g/mol. The third-order valence-electron chi connectivity index (χ3n) is 2.36. The second-order valence-electron chi connectivity index (χ2n) is 5.43. The van der Waals surface area contributed by atoms with Crippen molar-refractivity contribution in [3.8, 4) is 0 Å². The molecule has 104 valence electrons. The molecule has 1 heterocycles. The van der Waals surface area contributed by atoms with E-state index >= 15 is 0 Å². The van der Waals surface area contributed by atoms with Crippen LogP contribution in [0.3, 0.4) is 0 Å². The zero-order valence-electron chi connectivity index (χ0n) is 11.0. The van der Waals surface area contributed by atoms with Gasteiger partial charge in [-0.1, -0.05) is 0 Å². The maximum Gasteiger partial charge on any atom is 0.410 e. The van der Waals surface area contributed by atoms with Crippen LogP contribution in [0.1, 0.15) is 27.2 Å². The van der Waals surface area contributed by atoms with Gasteiger partial charge in [0.05, 0.1) is 12.6 Å². The summed E-state index contributed by atoms with van der Waals surface area (Å²) in [5, 5.41) is 0. The van der Waals surface area contributed by atoms with E-state index in [-0.39, 0.29) is 25.5 Å². The minimum Gasteiger partial charge on any atom is -0.444 e. The molecule has 1 aliphatic heterocycles. The van der Waals surface area contributed by atoms with E-state index in [0.717, 1.165) is 0 Å². The molecule has 0 saturated carbocycles. The van der Waals surface area contributed by atoms with Crippen LogP contribution in [0.25, 0.3) is 0 Å². The smallest absolute Gasteiger partial charge is 0.410 e. The van der Waals surface area contributed by atoms with Crippen molar-refractivity contribution in [2.45, 2.75) is 45.0 Å². The van der Waals surface area contributed by atoms with Gasteiger partial charge in [0.15, 0.2) is 5.96 Å². The number of hydrogen-bond acceptors (Lipinski definition) is 3. The molecule has 0 bridgehead atoms. The first kappa shape index (κ1) is 14.5. The standard InChI is InChI=1S/C11H21FN4O2/c1-11(2,3)18-10(17)16-5-7(12)4-8(6-16)15-9(13)14/h7-8H,4-6H2,1-3H3,(H4,13,14,15)/t7-,8-/m0/s1. The largest absolute Gasteiger partial charge is 0.444 e. The van der Waals surface area contributed by atoms with Crippen LogP contribution in [-0.2, 0) is 4.74 Å². The fourth-order valence-corrected chi connectivity index (χ4v) is 1.79. The van der Waals surface area contributed by atoms with Gasteiger partial charge in [-0.2, -0.15) is 0 Å². The van der Waals surface area contributed by atoms with Gasteiger partial charge in [-0.25, -0.2) is 14.2 Å². The second kappa shape index (κ2) is 5.41. The highest BCUT2D eigenvalue weighted by Crippen LogP contribution is 2.19. The molecule has 6 nitrogen and oxygen atoms in total. The number of piperidine rings is 1. The van der Waals surface area contributed by atoms with Crippen molar-refractivity contribution in [3.63, 3.8) is 0 Å². The van der Waals surface area contributed by atoms with E-state index in [2.05, 4.69) is 4.99 Å². The van der Waals surface area contributed by atoms with Crippen molar-refractivity contribution >= 4 is 12.1 Å². The number of halogens is 1. The summed E-state index contributed by atoms with van der Waals surface area (Å²) in [7, 11) is 0. The van der Waals surface area contributed by atoms with Crippen LogP contribution in [0, 0.1) is 0 Å². The molecule has 4 N–H and O–H groups in total. The van der Waals surface area contributed by atoms with Gasteiger partial charge in [0.2, 0.25) is 0 Å². The fraction of sp³-hybridized carbons (Fsp3) is 0.818. The minimum atomic E-state index is -1.14. The first-order chi connectivity index (χ1) is 8.17. The third-order valence-corrected chi connectivity index (χ3v) is 2.36. The molecule has 2 atom stereocenters. The van der Waals surface area contributed by atoms with Crippen molar-refractivity contribution in [1.82, 2.24) is 4.90 Å². The molecule has 0 aromatic carbocycles. The normalized spacial score (nSPS) is 24.6. The van der Waals surface area contributed by atoms with E-state index in [1.807, 2.05) is 0 Å². The molecule has 18 heavy (non-hydrogen) atoms. The summed E-state index contributed by atoms with van der Waals surface area (Å²) in [4.78, 5) is 17.0. The van der Waals surface area contributed by atoms with E-state index < -0.39 is 23.9 Å². The van der Waals surface area contributed by atoms with Gasteiger partial charge in [-0.05, 0) is 20.8 Å². The van der Waals surface area contributed by atoms with Crippen LogP contribution < -0.4 is 11.5 Å². The Balaban J connectivity index is 2.66. The molecule has 7 heteroatoms. The summed E-state index contributed by atoms with van der Waals surface area (Å²) in [6.45, 7) is 5.57. The number of ether oxygens (including phenoxy) is 1. The lowest BCUT2D eigenvalue weighted by atomic mass is 10.1. The molecule has 1 aliphatic rings. The third kappa shape index (κ3) is 4.77. The van der Waals surface area contributed by atoms with Gasteiger partial charge in [0, 0.05) is 13.0 Å². The van der Waals surface area contributed by atoms with E-state index in [1.165, 1.54) is 4.90 Å². The Morgan fingerprint density at radius 3 is 2.50 bits per heavy atom. The van der Waals surface area contributed by atoms with Crippen LogP contribution in [0.2, 0.25) is 0 Å². The van der Waals surface area contributed by atoms with Crippen LogP contribution in [0.15, 0.2) is 4.99 Å². The molecule has 0 radical (unpaired) electrons. The number of aliphatic imine (C=N–C) groups is 1. The monoisotopic (exact) mass is 260 g/mol. The molecule has 0 spiro atoms. The number of alkyl halides is 1. The Hall–Kier alpha value is -1.53. The van der Waals surface area contributed by atoms with E-state index in [9.17, 15) is 9.18 Å². The molecule has 0 aromatic rings. The average Bonchev–Trinajstić information content (AvgIpc) is 2.12. The van der Waals surface area contributed by atoms with Crippen LogP contribution in [0.4, 0.5) is 9.18 Å². The van der Waals surface area contributed by atoms with Gasteiger partial charge in [0.25, 0.3) is 0 Å². The van der Waals surface area contributed by atoms with Crippen molar-refractivity contribution < 1.29 is 13.9 Å². The van der Waals surface area contributed by atoms with E-state index in [0.29, 0.717) is 0 Å². The maximum atomic E-state index is 13.5. The quantitative estimate of drug-likeness (QED) is 0.533. The highest BCUT2D eigenvalue weighted by atomic mass is 19.1. The number of guanidine groups is 1. The van der Waals surface area contributed by atoms with Crippen molar-refractivity contribution in [2.24, 2.45) is 16.5 Å². The number of nitrogens with zero attached hydrogens (tertiary/aromatic N) is 2. The molecule has 1 saturated heterocycles. The first-order valence-electron chi connectivity index (χ1n) is 5.88. The van der Waals surface area contributed by atoms with E-state index in [1.54, 1.807) is 20.8 Å². The molecule has 0 aliphatic carbocycles. The van der Waals surface area contributed by atoms with Crippen LogP contribution >= 0.6 is 0 Å². The number of rotatable bonds is 1. The van der Waals surface area contributed by atoms with Gasteiger partial charge in [0.1, 0.15) is 11.8 Å². The van der Waals surface area contributed by atoms with Gasteiger partial charge in [-0.3, -0.25) is 0 Å². The van der Waals surface area contributed by atoms with Gasteiger partial charge < -0.3 is 21.1 Å². The topological polar surface area (TPSA) is 93.9 Å². The highest BCUT2D eigenvalue weighted by Gasteiger charge is 2.32. The summed E-state index contributed by atoms with van der Waals surface area (Å²) >= 11 is 0. The molecule has 0 aromatic heterocycles. The Labute approximate surface area is 106 Å². The predicted octanol–water partition coefficient (Wildman–Crippen LogP) is 0.607. The maximum absolute atomic E-state index is 13.5. The summed E-state index contributed by atoms with van der Waals surface area (Å²) in [6.07, 6.45) is -1.46. The lowest BCUT2D eigenvalue weighted by Crippen LogP contribution is -2.49. The fourth-order valence-electron chi connectivity index (χ4n) is 1.79. The number of likely N-dealkylation sites (tertiary alicyclic amines) is 1. The summed E-state index contributed by atoms with van der Waals surface area (Å²) in [5.74, 6) is -0.0989. The van der Waals surface area contributed by atoms with Crippen molar-refractivity contribution in [1.29, 1.82) is 0 Å². The second-order valence-corrected chi connectivity index (χ2v) is 5.43. The number of amides is 1. The zero-order valence-corrected chi connectivity index (χ0v) is 11.0. The summed E-state index contributed by atoms with van der Waals surface area (Å²) in [6, 6.07) is -0.411. The number of hydrogen-bond donors (Lipinski definition) is 2. The Bertz CT molecular complexity index is 336. The molecular formula is C11H21FN4O2. The van der Waals surface area contributed by atoms with Gasteiger partial charge >= 0.3 is 6.09 Å². The van der Waals surface area contributed by atoms with E-state index in [4.69, 9.17) is 16.2 Å². The molecule has 1 rings (SSSR count). The Kier molecular flexibility index (Phi) is 4.37. The van der Waals surface area contributed by atoms with Crippen molar-refractivity contribution in [2.75, 3.05) is 13.1 Å². The summed E-state index contributed by atoms with van der Waals surface area (Å²) in [5.41, 5.74) is 9.92. The SMILES string of the molecule is CC(C)(C)OC(=O)N1C[C@@H](F)C[C@H](N=C(N)N)C1. The number of carbonyl (C=O) groups is 1. The van der Waals surface area contributed by atoms with Gasteiger partial charge in [-0.15, -0.1) is 0 Å². The van der Waals surface area contributed by atoms with Crippen molar-refractivity contribution in [3.05, 3.63) is 0 Å². The summed E-state index contributed by atoms with van der Waals surface area (Å²) < 4.78 is 18.7. The molecule has 1 fully saturated rings. The zero-order chi connectivity index (χ0) is 13.9. The number of nitrogens with two attached hydrogens (primary N) is 2. The van der Waals surface area contributed by atoms with Crippen LogP contribution in [0.5, 0.6) is 0 Å². The predicted molar refractivity (Wildman–Crippen MR) is 66.9 cm³/mol. The molecule has 1 amide bonds. The lowest BCUT2D eigenvalue weighted by molar-refractivity contribution is 0.0116. The lowest BCUT2D eigenvalue weighted by Gasteiger charge is -2.34. The Morgan fingerprint density at radius 2 is 2.00 bits per heavy atom. The first-order valence-corrected chi connectivity index (χ1v) is 5.88.